The fraction of sp³-hybridized carbons (Fsp3) is 0.545. The number of carbonyl (C=O) groups is 1. The first-order chi connectivity index (χ1) is 13.0. The average molecular weight is 364 g/mol. The van der Waals surface area contributed by atoms with Gasteiger partial charge in [-0.25, -0.2) is 9.97 Å². The molecule has 0 aromatic carbocycles. The molecule has 2 aromatic heterocycles. The molecule has 2 aromatic rings. The predicted octanol–water partition coefficient (Wildman–Crippen LogP) is 4.25. The number of rotatable bonds is 3. The summed E-state index contributed by atoms with van der Waals surface area (Å²) >= 11 is 0. The molecule has 5 heteroatoms. The first-order valence-corrected chi connectivity index (χ1v) is 10.1. The Labute approximate surface area is 161 Å². The highest BCUT2D eigenvalue weighted by atomic mass is 16.1. The van der Waals surface area contributed by atoms with Crippen LogP contribution in [0.25, 0.3) is 11.4 Å². The highest BCUT2D eigenvalue weighted by molar-refractivity contribution is 5.79. The maximum absolute atomic E-state index is 12.8. The molecule has 2 aliphatic rings. The van der Waals surface area contributed by atoms with E-state index >= 15 is 0 Å². The maximum atomic E-state index is 12.8. The molecule has 5 nitrogen and oxygen atoms in total. The van der Waals surface area contributed by atoms with E-state index in [2.05, 4.69) is 29.1 Å². The van der Waals surface area contributed by atoms with E-state index in [1.165, 1.54) is 19.3 Å². The van der Waals surface area contributed by atoms with Crippen LogP contribution in [0.4, 0.5) is 0 Å². The third kappa shape index (κ3) is 4.02. The monoisotopic (exact) mass is 364 g/mol. The Hall–Kier alpha value is -2.30. The summed E-state index contributed by atoms with van der Waals surface area (Å²) in [6.07, 6.45) is 12.9. The molecule has 0 bridgehead atoms. The zero-order chi connectivity index (χ0) is 18.9. The number of aromatic nitrogens is 3. The van der Waals surface area contributed by atoms with Crippen molar-refractivity contribution in [3.8, 4) is 11.4 Å². The topological polar surface area (TPSA) is 67.8 Å². The van der Waals surface area contributed by atoms with Crippen LogP contribution in [0.2, 0.25) is 0 Å². The number of nitrogens with zero attached hydrogens (tertiary/aromatic N) is 3. The largest absolute Gasteiger partial charge is 0.349 e. The number of amides is 1. The number of hydrogen-bond acceptors (Lipinski definition) is 4. The van der Waals surface area contributed by atoms with Gasteiger partial charge in [-0.3, -0.25) is 9.78 Å². The minimum Gasteiger partial charge on any atom is -0.349 e. The molecule has 142 valence electrons. The van der Waals surface area contributed by atoms with Crippen molar-refractivity contribution in [1.82, 2.24) is 20.3 Å². The standard InChI is InChI=1S/C22H28N4O/c1-22(2)12-18-17(14-24-20(25-18)15-8-10-23-11-9-15)19(13-22)26-21(27)16-6-4-3-5-7-16/h8-11,14,16,19H,3-7,12-13H2,1-2H3,(H,26,27)/t19-/m1/s1. The summed E-state index contributed by atoms with van der Waals surface area (Å²) in [4.78, 5) is 26.3. The summed E-state index contributed by atoms with van der Waals surface area (Å²) in [5, 5.41) is 3.33. The molecule has 1 fully saturated rings. The molecule has 4 rings (SSSR count). The third-order valence-electron chi connectivity index (χ3n) is 5.91. The highest BCUT2D eigenvalue weighted by Gasteiger charge is 2.35. The van der Waals surface area contributed by atoms with E-state index in [1.807, 2.05) is 18.3 Å². The van der Waals surface area contributed by atoms with Crippen LogP contribution in [-0.4, -0.2) is 20.9 Å². The molecule has 1 saturated carbocycles. The van der Waals surface area contributed by atoms with Gasteiger partial charge in [-0.15, -0.1) is 0 Å². The molecular weight excluding hydrogens is 336 g/mol. The van der Waals surface area contributed by atoms with Gasteiger partial charge in [0, 0.05) is 35.6 Å². The van der Waals surface area contributed by atoms with Crippen molar-refractivity contribution in [2.24, 2.45) is 11.3 Å². The second-order valence-electron chi connectivity index (χ2n) is 8.77. The Balaban J connectivity index is 1.60. The van der Waals surface area contributed by atoms with E-state index in [0.717, 1.165) is 48.3 Å². The van der Waals surface area contributed by atoms with Gasteiger partial charge < -0.3 is 5.32 Å². The van der Waals surface area contributed by atoms with Gasteiger partial charge in [-0.2, -0.15) is 0 Å². The van der Waals surface area contributed by atoms with Crippen LogP contribution < -0.4 is 5.32 Å². The van der Waals surface area contributed by atoms with Crippen molar-refractivity contribution in [3.63, 3.8) is 0 Å². The van der Waals surface area contributed by atoms with Crippen LogP contribution in [0.1, 0.15) is 69.7 Å². The van der Waals surface area contributed by atoms with E-state index in [-0.39, 0.29) is 23.3 Å². The van der Waals surface area contributed by atoms with E-state index in [4.69, 9.17) is 4.98 Å². The molecule has 1 N–H and O–H groups in total. The number of carbonyl (C=O) groups excluding carboxylic acids is 1. The zero-order valence-corrected chi connectivity index (χ0v) is 16.2. The van der Waals surface area contributed by atoms with Gasteiger partial charge in [-0.05, 0) is 43.2 Å². The molecule has 0 aliphatic heterocycles. The van der Waals surface area contributed by atoms with Crippen LogP contribution >= 0.6 is 0 Å². The first kappa shape index (κ1) is 18.1. The Bertz CT molecular complexity index is 812. The number of fused-ring (bicyclic) bond motifs is 1. The van der Waals surface area contributed by atoms with Crippen molar-refractivity contribution >= 4 is 5.91 Å². The number of nitrogens with one attached hydrogen (secondary N) is 1. The lowest BCUT2D eigenvalue weighted by Crippen LogP contribution is -2.40. The fourth-order valence-electron chi connectivity index (χ4n) is 4.47. The van der Waals surface area contributed by atoms with Crippen LogP contribution in [0, 0.1) is 11.3 Å². The summed E-state index contributed by atoms with van der Waals surface area (Å²) in [6, 6.07) is 3.86. The summed E-state index contributed by atoms with van der Waals surface area (Å²) in [5.41, 5.74) is 3.21. The highest BCUT2D eigenvalue weighted by Crippen LogP contribution is 2.40. The second-order valence-corrected chi connectivity index (χ2v) is 8.77. The Morgan fingerprint density at radius 1 is 1.15 bits per heavy atom. The molecule has 0 saturated heterocycles. The van der Waals surface area contributed by atoms with Gasteiger partial charge >= 0.3 is 0 Å². The third-order valence-corrected chi connectivity index (χ3v) is 5.91. The van der Waals surface area contributed by atoms with Crippen molar-refractivity contribution < 1.29 is 4.79 Å². The fourth-order valence-corrected chi connectivity index (χ4v) is 4.47. The number of pyridine rings is 1. The molecule has 2 aliphatic carbocycles. The minimum atomic E-state index is 0.00432. The molecule has 2 heterocycles. The van der Waals surface area contributed by atoms with Gasteiger partial charge in [0.2, 0.25) is 5.91 Å². The molecular formula is C22H28N4O. The Morgan fingerprint density at radius 2 is 1.89 bits per heavy atom. The SMILES string of the molecule is CC1(C)Cc2nc(-c3ccncc3)ncc2[C@H](NC(=O)C2CCCCC2)C1. The number of hydrogen-bond donors (Lipinski definition) is 1. The van der Waals surface area contributed by atoms with Crippen LogP contribution in [0.15, 0.2) is 30.7 Å². The summed E-state index contributed by atoms with van der Waals surface area (Å²) in [7, 11) is 0. The van der Waals surface area contributed by atoms with Crippen LogP contribution in [0.3, 0.4) is 0 Å². The van der Waals surface area contributed by atoms with Crippen LogP contribution in [0.5, 0.6) is 0 Å². The second kappa shape index (κ2) is 7.37. The zero-order valence-electron chi connectivity index (χ0n) is 16.2. The molecule has 0 spiro atoms. The average Bonchev–Trinajstić information content (AvgIpc) is 2.68. The van der Waals surface area contributed by atoms with Crippen molar-refractivity contribution in [3.05, 3.63) is 42.0 Å². The molecule has 1 amide bonds. The summed E-state index contributed by atoms with van der Waals surface area (Å²) in [6.45, 7) is 4.51. The van der Waals surface area contributed by atoms with Gasteiger partial charge in [0.25, 0.3) is 0 Å². The van der Waals surface area contributed by atoms with Crippen molar-refractivity contribution in [1.29, 1.82) is 0 Å². The summed E-state index contributed by atoms with van der Waals surface area (Å²) in [5.74, 6) is 1.11. The van der Waals surface area contributed by atoms with Crippen LogP contribution in [-0.2, 0) is 11.2 Å². The normalized spacial score (nSPS) is 22.1. The lowest BCUT2D eigenvalue weighted by molar-refractivity contribution is -0.127. The maximum Gasteiger partial charge on any atom is 0.223 e. The van der Waals surface area contributed by atoms with E-state index in [9.17, 15) is 4.79 Å². The smallest absolute Gasteiger partial charge is 0.223 e. The van der Waals surface area contributed by atoms with Gasteiger partial charge in [0.05, 0.1) is 11.7 Å². The molecule has 0 radical (unpaired) electrons. The lowest BCUT2D eigenvalue weighted by Gasteiger charge is -2.37. The van der Waals surface area contributed by atoms with E-state index in [1.54, 1.807) is 12.4 Å². The molecule has 0 unspecified atom stereocenters. The summed E-state index contributed by atoms with van der Waals surface area (Å²) < 4.78 is 0. The molecule has 1 atom stereocenters. The quantitative estimate of drug-likeness (QED) is 0.884. The Kier molecular flexibility index (Phi) is 4.94. The predicted molar refractivity (Wildman–Crippen MR) is 105 cm³/mol. The van der Waals surface area contributed by atoms with E-state index < -0.39 is 0 Å². The van der Waals surface area contributed by atoms with Gasteiger partial charge in [0.1, 0.15) is 0 Å². The Morgan fingerprint density at radius 3 is 2.63 bits per heavy atom. The lowest BCUT2D eigenvalue weighted by atomic mass is 9.74. The van der Waals surface area contributed by atoms with Gasteiger partial charge in [-0.1, -0.05) is 33.1 Å². The van der Waals surface area contributed by atoms with E-state index in [0.29, 0.717) is 0 Å². The van der Waals surface area contributed by atoms with Crippen molar-refractivity contribution in [2.45, 2.75) is 64.8 Å². The molecule has 27 heavy (non-hydrogen) atoms. The van der Waals surface area contributed by atoms with Gasteiger partial charge in [0.15, 0.2) is 5.82 Å². The van der Waals surface area contributed by atoms with Crippen molar-refractivity contribution in [2.75, 3.05) is 0 Å². The minimum absolute atomic E-state index is 0.00432. The first-order valence-electron chi connectivity index (χ1n) is 10.1.